The van der Waals surface area contributed by atoms with Crippen molar-refractivity contribution in [1.82, 2.24) is 14.7 Å². The number of likely N-dealkylation sites (N-methyl/N-ethyl adjacent to an activating group) is 1. The molecule has 2 aromatic carbocycles. The molecule has 2 unspecified atom stereocenters. The fraction of sp³-hybridized carbons (Fsp3) is 0.533. The van der Waals surface area contributed by atoms with Crippen LogP contribution in [-0.4, -0.2) is 79.4 Å². The van der Waals surface area contributed by atoms with E-state index in [0.29, 0.717) is 16.6 Å². The number of rotatable bonds is 7. The number of likely N-dealkylation sites (tertiary alicyclic amines) is 2. The Morgan fingerprint density at radius 1 is 1.00 bits per heavy atom. The average molecular weight is 613 g/mol. The van der Waals surface area contributed by atoms with Gasteiger partial charge in [0.15, 0.2) is 0 Å². The quantitative estimate of drug-likeness (QED) is 0.373. The Hall–Kier alpha value is -2.49. The van der Waals surface area contributed by atoms with Crippen molar-refractivity contribution in [2.75, 3.05) is 46.9 Å². The molecule has 11 heteroatoms. The predicted octanol–water partition coefficient (Wildman–Crippen LogP) is 6.21. The van der Waals surface area contributed by atoms with Gasteiger partial charge < -0.3 is 19.4 Å². The Labute approximate surface area is 248 Å². The largest absolute Gasteiger partial charge is 0.496 e. The Bertz CT molecular complexity index is 1300. The van der Waals surface area contributed by atoms with E-state index < -0.39 is 23.7 Å². The summed E-state index contributed by atoms with van der Waals surface area (Å²) in [4.78, 5) is 33.0. The van der Waals surface area contributed by atoms with E-state index in [-0.39, 0.29) is 35.6 Å². The number of hydrogen-bond acceptors (Lipinski definition) is 4. The summed E-state index contributed by atoms with van der Waals surface area (Å²) in [7, 11) is 2.72. The summed E-state index contributed by atoms with van der Waals surface area (Å²) in [6.45, 7) is 3.56. The van der Waals surface area contributed by atoms with E-state index >= 15 is 0 Å². The van der Waals surface area contributed by atoms with Crippen LogP contribution in [0, 0.1) is 11.8 Å². The van der Waals surface area contributed by atoms with Crippen LogP contribution in [0.3, 0.4) is 0 Å². The molecular weight excluding hydrogens is 578 g/mol. The lowest BCUT2D eigenvalue weighted by Gasteiger charge is -2.33. The van der Waals surface area contributed by atoms with E-state index in [1.54, 1.807) is 24.1 Å². The minimum atomic E-state index is -4.69. The Morgan fingerprint density at radius 3 is 2.32 bits per heavy atom. The van der Waals surface area contributed by atoms with Crippen molar-refractivity contribution in [3.8, 4) is 5.75 Å². The monoisotopic (exact) mass is 611 g/mol. The minimum Gasteiger partial charge on any atom is -0.496 e. The van der Waals surface area contributed by atoms with Crippen LogP contribution in [-0.2, 0) is 11.0 Å². The third-order valence-corrected chi connectivity index (χ3v) is 9.43. The molecular formula is C30H34Cl2F3N3O3. The number of ether oxygens (including phenoxy) is 1. The molecule has 6 nitrogen and oxygen atoms in total. The first-order chi connectivity index (χ1) is 19.5. The van der Waals surface area contributed by atoms with Gasteiger partial charge in [0.2, 0.25) is 5.91 Å². The second-order valence-corrected chi connectivity index (χ2v) is 12.3. The summed E-state index contributed by atoms with van der Waals surface area (Å²) in [6.07, 6.45) is -0.502. The van der Waals surface area contributed by atoms with Crippen molar-refractivity contribution >= 4 is 35.0 Å². The second kappa shape index (κ2) is 12.0. The van der Waals surface area contributed by atoms with Crippen molar-refractivity contribution < 1.29 is 27.5 Å². The first kappa shape index (κ1) is 30.0. The van der Waals surface area contributed by atoms with E-state index in [9.17, 15) is 22.8 Å². The van der Waals surface area contributed by atoms with Crippen LogP contribution in [0.1, 0.15) is 53.1 Å². The van der Waals surface area contributed by atoms with E-state index in [1.165, 1.54) is 23.8 Å². The number of halogens is 5. The highest BCUT2D eigenvalue weighted by molar-refractivity contribution is 6.42. The highest BCUT2D eigenvalue weighted by atomic mass is 35.5. The van der Waals surface area contributed by atoms with Gasteiger partial charge in [0.05, 0.1) is 28.8 Å². The second-order valence-electron chi connectivity index (χ2n) is 11.4. The highest BCUT2D eigenvalue weighted by Gasteiger charge is 2.43. The zero-order valence-electron chi connectivity index (χ0n) is 23.1. The fourth-order valence-electron chi connectivity index (χ4n) is 6.13. The zero-order chi connectivity index (χ0) is 29.5. The number of piperidine rings is 1. The van der Waals surface area contributed by atoms with Gasteiger partial charge >= 0.3 is 6.18 Å². The molecule has 5 rings (SSSR count). The SMILES string of the molecule is COc1ccc(C(=O)N(C)C2CN(C(=O)C3CCN(CC4CC4)CC3)CC2c2ccc(Cl)c(Cl)c2)cc1C(F)(F)F. The maximum atomic E-state index is 13.7. The van der Waals surface area contributed by atoms with E-state index in [2.05, 4.69) is 4.90 Å². The minimum absolute atomic E-state index is 0.0632. The molecule has 2 aromatic rings. The maximum Gasteiger partial charge on any atom is 0.419 e. The van der Waals surface area contributed by atoms with Gasteiger partial charge in [-0.3, -0.25) is 9.59 Å². The van der Waals surface area contributed by atoms with Crippen LogP contribution in [0.2, 0.25) is 10.0 Å². The summed E-state index contributed by atoms with van der Waals surface area (Å²) in [5, 5.41) is 0.743. The Morgan fingerprint density at radius 2 is 1.71 bits per heavy atom. The summed E-state index contributed by atoms with van der Waals surface area (Å²) < 4.78 is 45.9. The number of benzene rings is 2. The van der Waals surface area contributed by atoms with Crippen LogP contribution < -0.4 is 4.74 Å². The molecule has 0 bridgehead atoms. The number of amides is 2. The standard InChI is InChI=1S/C30H34Cl2F3N3O3/c1-36(28(39)21-6-8-27(41-2)23(13-21)30(33,34)35)26-17-38(16-22(26)20-5-7-24(31)25(32)14-20)29(40)19-9-11-37(12-10-19)15-18-3-4-18/h5-8,13-14,18-19,22,26H,3-4,9-12,15-17H2,1-2H3. The van der Waals surface area contributed by atoms with E-state index in [1.807, 2.05) is 6.07 Å². The molecule has 0 spiro atoms. The molecule has 1 saturated carbocycles. The van der Waals surface area contributed by atoms with Crippen molar-refractivity contribution in [3.63, 3.8) is 0 Å². The number of nitrogens with zero attached hydrogens (tertiary/aromatic N) is 3. The molecule has 2 amide bonds. The molecule has 2 atom stereocenters. The molecule has 1 aliphatic carbocycles. The molecule has 2 heterocycles. The van der Waals surface area contributed by atoms with Crippen molar-refractivity contribution in [2.45, 2.75) is 43.8 Å². The molecule has 0 aromatic heterocycles. The lowest BCUT2D eigenvalue weighted by molar-refractivity contribution is -0.139. The molecule has 2 saturated heterocycles. The molecule has 2 aliphatic heterocycles. The Balaban J connectivity index is 1.37. The lowest BCUT2D eigenvalue weighted by Crippen LogP contribution is -2.44. The summed E-state index contributed by atoms with van der Waals surface area (Å²) >= 11 is 12.5. The van der Waals surface area contributed by atoms with E-state index in [0.717, 1.165) is 63.2 Å². The molecule has 0 N–H and O–H groups in total. The fourth-order valence-corrected chi connectivity index (χ4v) is 6.44. The van der Waals surface area contributed by atoms with Crippen LogP contribution >= 0.6 is 23.2 Å². The number of hydrogen-bond donors (Lipinski definition) is 0. The summed E-state index contributed by atoms with van der Waals surface area (Å²) in [6, 6.07) is 8.06. The van der Waals surface area contributed by atoms with E-state index in [4.69, 9.17) is 27.9 Å². The van der Waals surface area contributed by atoms with Crippen molar-refractivity contribution in [2.24, 2.45) is 11.8 Å². The third-order valence-electron chi connectivity index (χ3n) is 8.69. The number of alkyl halides is 3. The van der Waals surface area contributed by atoms with Gasteiger partial charge in [-0.2, -0.15) is 13.2 Å². The van der Waals surface area contributed by atoms with Gasteiger partial charge in [0, 0.05) is 44.1 Å². The highest BCUT2D eigenvalue weighted by Crippen LogP contribution is 2.39. The summed E-state index contributed by atoms with van der Waals surface area (Å²) in [5.41, 5.74) is -0.317. The lowest BCUT2D eigenvalue weighted by atomic mass is 9.93. The molecule has 0 radical (unpaired) electrons. The molecule has 3 fully saturated rings. The smallest absolute Gasteiger partial charge is 0.419 e. The predicted molar refractivity (Wildman–Crippen MR) is 152 cm³/mol. The summed E-state index contributed by atoms with van der Waals surface area (Å²) in [5.74, 6) is -0.441. The van der Waals surface area contributed by atoms with Gasteiger partial charge in [-0.15, -0.1) is 0 Å². The third kappa shape index (κ3) is 6.62. The van der Waals surface area contributed by atoms with Crippen LogP contribution in [0.4, 0.5) is 13.2 Å². The van der Waals surface area contributed by atoms with Gasteiger partial charge in [0.1, 0.15) is 5.75 Å². The van der Waals surface area contributed by atoms with Crippen molar-refractivity contribution in [3.05, 3.63) is 63.1 Å². The number of methoxy groups -OCH3 is 1. The molecule has 3 aliphatic rings. The number of carbonyl (C=O) groups is 2. The molecule has 222 valence electrons. The molecule has 41 heavy (non-hydrogen) atoms. The van der Waals surface area contributed by atoms with Gasteiger partial charge in [-0.05, 0) is 80.6 Å². The van der Waals surface area contributed by atoms with Gasteiger partial charge in [-0.25, -0.2) is 0 Å². The van der Waals surface area contributed by atoms with Crippen molar-refractivity contribution in [1.29, 1.82) is 0 Å². The zero-order valence-corrected chi connectivity index (χ0v) is 24.6. The average Bonchev–Trinajstić information content (AvgIpc) is 3.66. The topological polar surface area (TPSA) is 53.1 Å². The van der Waals surface area contributed by atoms with Gasteiger partial charge in [-0.1, -0.05) is 29.3 Å². The van der Waals surface area contributed by atoms with Gasteiger partial charge in [0.25, 0.3) is 5.91 Å². The van der Waals surface area contributed by atoms with Crippen LogP contribution in [0.15, 0.2) is 36.4 Å². The maximum absolute atomic E-state index is 13.7. The van der Waals surface area contributed by atoms with Crippen LogP contribution in [0.25, 0.3) is 0 Å². The first-order valence-electron chi connectivity index (χ1n) is 13.9. The van der Waals surface area contributed by atoms with Crippen LogP contribution in [0.5, 0.6) is 5.75 Å². The number of carbonyl (C=O) groups excluding carboxylic acids is 2. The normalized spacial score (nSPS) is 22.2. The Kier molecular flexibility index (Phi) is 8.79. The first-order valence-corrected chi connectivity index (χ1v) is 14.7.